The van der Waals surface area contributed by atoms with Crippen LogP contribution in [0.15, 0.2) is 29.3 Å². The second-order valence-corrected chi connectivity index (χ2v) is 6.61. The van der Waals surface area contributed by atoms with Gasteiger partial charge in [-0.15, -0.1) is 11.8 Å². The highest BCUT2D eigenvalue weighted by Crippen LogP contribution is 2.31. The summed E-state index contributed by atoms with van der Waals surface area (Å²) in [5.74, 6) is 2.05. The highest BCUT2D eigenvalue weighted by atomic mass is 32.2. The number of nitrogens with zero attached hydrogens (tertiary/aromatic N) is 3. The molecule has 1 aromatic carbocycles. The van der Waals surface area contributed by atoms with Gasteiger partial charge >= 0.3 is 0 Å². The third-order valence-electron chi connectivity index (χ3n) is 3.67. The third-order valence-corrected chi connectivity index (χ3v) is 4.69. The van der Waals surface area contributed by atoms with Gasteiger partial charge in [-0.05, 0) is 12.1 Å². The number of carbonyl (C=O) groups is 1. The molecule has 1 saturated heterocycles. The Morgan fingerprint density at radius 1 is 1.38 bits per heavy atom. The number of imidazole rings is 1. The summed E-state index contributed by atoms with van der Waals surface area (Å²) >= 11 is 1.72. The molecule has 1 aliphatic heterocycles. The molecule has 0 saturated carbocycles. The van der Waals surface area contributed by atoms with Crippen molar-refractivity contribution in [1.29, 1.82) is 0 Å². The van der Waals surface area contributed by atoms with E-state index in [0.717, 1.165) is 34.2 Å². The van der Waals surface area contributed by atoms with E-state index in [-0.39, 0.29) is 11.8 Å². The number of fused-ring (bicyclic) bond motifs is 1. The minimum absolute atomic E-state index is 0.0209. The normalized spacial score (nSPS) is 17.3. The van der Waals surface area contributed by atoms with Gasteiger partial charge in [0, 0.05) is 31.3 Å². The molecule has 3 rings (SSSR count). The van der Waals surface area contributed by atoms with Gasteiger partial charge in [-0.1, -0.05) is 26.0 Å². The summed E-state index contributed by atoms with van der Waals surface area (Å²) in [7, 11) is 2.01. The second-order valence-electron chi connectivity index (χ2n) is 5.49. The zero-order valence-corrected chi connectivity index (χ0v) is 13.4. The van der Waals surface area contributed by atoms with Gasteiger partial charge in [0.05, 0.1) is 16.1 Å². The molecule has 4 nitrogen and oxygen atoms in total. The van der Waals surface area contributed by atoms with E-state index in [4.69, 9.17) is 0 Å². The molecule has 0 N–H and O–H groups in total. The zero-order valence-electron chi connectivity index (χ0n) is 12.5. The van der Waals surface area contributed by atoms with Crippen molar-refractivity contribution in [2.45, 2.75) is 13.8 Å². The van der Waals surface area contributed by atoms with Crippen molar-refractivity contribution in [3.63, 3.8) is 0 Å². The van der Waals surface area contributed by atoms with Crippen molar-refractivity contribution in [3.05, 3.63) is 35.1 Å². The second kappa shape index (κ2) is 5.56. The molecule has 1 fully saturated rings. The molecule has 21 heavy (non-hydrogen) atoms. The first-order chi connectivity index (χ1) is 10.1. The molecule has 2 aromatic rings. The van der Waals surface area contributed by atoms with E-state index in [0.29, 0.717) is 0 Å². The zero-order chi connectivity index (χ0) is 15.0. The summed E-state index contributed by atoms with van der Waals surface area (Å²) in [5.41, 5.74) is 2.09. The number of carbonyl (C=O) groups excluding carboxylic acids is 1. The number of rotatable bonds is 2. The lowest BCUT2D eigenvalue weighted by Crippen LogP contribution is -2.30. The summed E-state index contributed by atoms with van der Waals surface area (Å²) < 4.78 is 2.07. The van der Waals surface area contributed by atoms with Crippen LogP contribution >= 0.6 is 11.8 Å². The number of hydrogen-bond donors (Lipinski definition) is 0. The van der Waals surface area contributed by atoms with E-state index < -0.39 is 0 Å². The Kier molecular flexibility index (Phi) is 3.76. The fraction of sp³-hybridized carbons (Fsp3) is 0.375. The first-order valence-corrected chi connectivity index (χ1v) is 8.14. The van der Waals surface area contributed by atoms with E-state index in [1.54, 1.807) is 11.8 Å². The maximum atomic E-state index is 12.2. The highest BCUT2D eigenvalue weighted by molar-refractivity contribution is 8.03. The molecule has 110 valence electrons. The first kappa shape index (κ1) is 14.2. The lowest BCUT2D eigenvalue weighted by Gasteiger charge is -2.19. The maximum absolute atomic E-state index is 12.2. The smallest absolute Gasteiger partial charge is 0.229 e. The Labute approximate surface area is 128 Å². The Balaban J connectivity index is 1.99. The van der Waals surface area contributed by atoms with Crippen LogP contribution in [0.2, 0.25) is 0 Å². The van der Waals surface area contributed by atoms with E-state index in [1.807, 2.05) is 50.1 Å². The van der Waals surface area contributed by atoms with Gasteiger partial charge in [0.15, 0.2) is 0 Å². The topological polar surface area (TPSA) is 38.1 Å². The number of thioether (sulfide) groups is 1. The molecule has 0 atom stereocenters. The van der Waals surface area contributed by atoms with Gasteiger partial charge in [0.25, 0.3) is 0 Å². The molecule has 0 aliphatic carbocycles. The minimum Gasteiger partial charge on any atom is -0.328 e. The average molecular weight is 301 g/mol. The third kappa shape index (κ3) is 2.58. The largest absolute Gasteiger partial charge is 0.328 e. The summed E-state index contributed by atoms with van der Waals surface area (Å²) in [6.07, 6.45) is 2.03. The van der Waals surface area contributed by atoms with Gasteiger partial charge < -0.3 is 9.47 Å². The van der Waals surface area contributed by atoms with Gasteiger partial charge in [0.1, 0.15) is 5.82 Å². The molecule has 1 aromatic heterocycles. The Hall–Kier alpha value is -1.75. The van der Waals surface area contributed by atoms with Crippen molar-refractivity contribution in [3.8, 4) is 0 Å². The van der Waals surface area contributed by atoms with Crippen LogP contribution in [0, 0.1) is 5.92 Å². The van der Waals surface area contributed by atoms with E-state index >= 15 is 0 Å². The Morgan fingerprint density at radius 3 is 2.86 bits per heavy atom. The Morgan fingerprint density at radius 2 is 2.14 bits per heavy atom. The summed E-state index contributed by atoms with van der Waals surface area (Å²) in [5, 5.41) is 1.01. The maximum Gasteiger partial charge on any atom is 0.229 e. The number of benzene rings is 1. The van der Waals surface area contributed by atoms with E-state index in [9.17, 15) is 4.79 Å². The average Bonchev–Trinajstić information content (AvgIpc) is 3.05. The predicted octanol–water partition coefficient (Wildman–Crippen LogP) is 3.10. The SMILES string of the molecule is CC(C)C(=O)N1CCS/C1=C/c1nc2ccccc2n1C. The van der Waals surface area contributed by atoms with Gasteiger partial charge in [-0.3, -0.25) is 4.79 Å². The fourth-order valence-corrected chi connectivity index (χ4v) is 3.49. The molecule has 0 radical (unpaired) electrons. The van der Waals surface area contributed by atoms with Gasteiger partial charge in [0.2, 0.25) is 5.91 Å². The molecule has 0 bridgehead atoms. The van der Waals surface area contributed by atoms with Crippen LogP contribution in [0.5, 0.6) is 0 Å². The van der Waals surface area contributed by atoms with Crippen LogP contribution in [-0.2, 0) is 11.8 Å². The molecule has 1 aliphatic rings. The quantitative estimate of drug-likeness (QED) is 0.855. The van der Waals surface area contributed by atoms with Crippen molar-refractivity contribution in [2.75, 3.05) is 12.3 Å². The number of aromatic nitrogens is 2. The van der Waals surface area contributed by atoms with Crippen molar-refractivity contribution < 1.29 is 4.79 Å². The van der Waals surface area contributed by atoms with Crippen LogP contribution in [0.4, 0.5) is 0 Å². The van der Waals surface area contributed by atoms with Crippen LogP contribution in [0.1, 0.15) is 19.7 Å². The fourth-order valence-electron chi connectivity index (χ4n) is 2.48. The number of amides is 1. The minimum atomic E-state index is 0.0209. The predicted molar refractivity (Wildman–Crippen MR) is 87.7 cm³/mol. The molecular formula is C16H19N3OS. The molecule has 0 spiro atoms. The molecule has 5 heteroatoms. The number of aryl methyl sites for hydroxylation is 1. The van der Waals surface area contributed by atoms with Gasteiger partial charge in [-0.25, -0.2) is 4.98 Å². The standard InChI is InChI=1S/C16H19N3OS/c1-11(2)16(20)19-8-9-21-15(19)10-14-17-12-6-4-5-7-13(12)18(14)3/h4-7,10-11H,8-9H2,1-3H3/b15-10+. The van der Waals surface area contributed by atoms with Crippen LogP contribution in [0.3, 0.4) is 0 Å². The molecule has 1 amide bonds. The van der Waals surface area contributed by atoms with Crippen LogP contribution in [0.25, 0.3) is 17.1 Å². The Bertz CT molecular complexity index is 717. The van der Waals surface area contributed by atoms with Crippen LogP contribution < -0.4 is 0 Å². The van der Waals surface area contributed by atoms with E-state index in [2.05, 4.69) is 15.6 Å². The summed E-state index contributed by atoms with van der Waals surface area (Å²) in [6.45, 7) is 4.67. The highest BCUT2D eigenvalue weighted by Gasteiger charge is 2.26. The van der Waals surface area contributed by atoms with Gasteiger partial charge in [-0.2, -0.15) is 0 Å². The lowest BCUT2D eigenvalue weighted by molar-refractivity contribution is -0.131. The monoisotopic (exact) mass is 301 g/mol. The van der Waals surface area contributed by atoms with Crippen molar-refractivity contribution >= 4 is 34.8 Å². The summed E-state index contributed by atoms with van der Waals surface area (Å²) in [6, 6.07) is 8.07. The van der Waals surface area contributed by atoms with Crippen molar-refractivity contribution in [1.82, 2.24) is 14.5 Å². The summed E-state index contributed by atoms with van der Waals surface area (Å²) in [4.78, 5) is 18.8. The molecule has 0 unspecified atom stereocenters. The first-order valence-electron chi connectivity index (χ1n) is 7.15. The van der Waals surface area contributed by atoms with Crippen molar-refractivity contribution in [2.24, 2.45) is 13.0 Å². The number of hydrogen-bond acceptors (Lipinski definition) is 3. The molecule has 2 heterocycles. The number of para-hydroxylation sites is 2. The molecular weight excluding hydrogens is 282 g/mol. The van der Waals surface area contributed by atoms with E-state index in [1.165, 1.54) is 0 Å². The van der Waals surface area contributed by atoms with Crippen LogP contribution in [-0.4, -0.2) is 32.7 Å². The lowest BCUT2D eigenvalue weighted by atomic mass is 10.2.